The molecule has 14 heavy (non-hydrogen) atoms. The molecule has 1 aromatic rings. The number of aldehydes is 1. The van der Waals surface area contributed by atoms with Crippen LogP contribution in [-0.4, -0.2) is 54.6 Å². The first kappa shape index (κ1) is 9.21. The van der Waals surface area contributed by atoms with Gasteiger partial charge in [-0.1, -0.05) is 0 Å². The zero-order valence-corrected chi connectivity index (χ0v) is 8.23. The number of piperazine rings is 1. The Hall–Kier alpha value is -1.36. The molecule has 0 atom stereocenters. The fourth-order valence-corrected chi connectivity index (χ4v) is 1.66. The number of aromatic amines is 1. The van der Waals surface area contributed by atoms with Crippen LogP contribution in [0.3, 0.4) is 0 Å². The summed E-state index contributed by atoms with van der Waals surface area (Å²) in [7, 11) is 2.10. The van der Waals surface area contributed by atoms with Crippen molar-refractivity contribution in [2.75, 3.05) is 38.1 Å². The maximum Gasteiger partial charge on any atom is 0.155 e. The molecule has 76 valence electrons. The summed E-state index contributed by atoms with van der Waals surface area (Å²) in [4.78, 5) is 15.1. The second-order valence-electron chi connectivity index (χ2n) is 3.58. The average Bonchev–Trinajstić information content (AvgIpc) is 2.67. The minimum Gasteiger partial charge on any atom is -0.354 e. The Morgan fingerprint density at radius 2 is 2.14 bits per heavy atom. The van der Waals surface area contributed by atoms with Gasteiger partial charge in [0.05, 0.1) is 11.8 Å². The zero-order chi connectivity index (χ0) is 9.97. The average molecular weight is 194 g/mol. The molecule has 1 aromatic heterocycles. The molecule has 0 spiro atoms. The molecule has 1 N–H and O–H groups in total. The lowest BCUT2D eigenvalue weighted by Crippen LogP contribution is -2.45. The summed E-state index contributed by atoms with van der Waals surface area (Å²) < 4.78 is 0. The summed E-state index contributed by atoms with van der Waals surface area (Å²) in [6, 6.07) is 0. The molecule has 5 heteroatoms. The number of nitrogens with zero attached hydrogens (tertiary/aromatic N) is 3. The Kier molecular flexibility index (Phi) is 2.49. The van der Waals surface area contributed by atoms with Gasteiger partial charge < -0.3 is 9.80 Å². The van der Waals surface area contributed by atoms with E-state index in [1.807, 2.05) is 0 Å². The van der Waals surface area contributed by atoms with Crippen LogP contribution in [0.2, 0.25) is 0 Å². The Balaban J connectivity index is 2.11. The van der Waals surface area contributed by atoms with E-state index >= 15 is 0 Å². The van der Waals surface area contributed by atoms with Gasteiger partial charge >= 0.3 is 0 Å². The van der Waals surface area contributed by atoms with Crippen molar-refractivity contribution in [1.82, 2.24) is 15.1 Å². The Labute approximate surface area is 82.7 Å². The third-order valence-corrected chi connectivity index (χ3v) is 2.59. The lowest BCUT2D eigenvalue weighted by Gasteiger charge is -2.33. The van der Waals surface area contributed by atoms with Crippen LogP contribution in [0.25, 0.3) is 0 Å². The van der Waals surface area contributed by atoms with Gasteiger partial charge in [0, 0.05) is 26.2 Å². The smallest absolute Gasteiger partial charge is 0.155 e. The third kappa shape index (κ3) is 1.63. The van der Waals surface area contributed by atoms with Crippen molar-refractivity contribution >= 4 is 12.1 Å². The molecular weight excluding hydrogens is 180 g/mol. The van der Waals surface area contributed by atoms with Gasteiger partial charge in [-0.15, -0.1) is 0 Å². The van der Waals surface area contributed by atoms with Gasteiger partial charge in [-0.3, -0.25) is 9.89 Å². The maximum atomic E-state index is 10.7. The molecule has 1 aliphatic rings. The monoisotopic (exact) mass is 194 g/mol. The van der Waals surface area contributed by atoms with Gasteiger partial charge in [-0.25, -0.2) is 0 Å². The van der Waals surface area contributed by atoms with Crippen LogP contribution in [0, 0.1) is 0 Å². The standard InChI is InChI=1S/C9H14N4O/c1-12-2-4-13(5-3-12)9-8(7-14)6-10-11-9/h6-7H,2-5H2,1H3,(H,10,11). The van der Waals surface area contributed by atoms with E-state index in [0.29, 0.717) is 5.56 Å². The highest BCUT2D eigenvalue weighted by molar-refractivity contribution is 5.82. The van der Waals surface area contributed by atoms with Gasteiger partial charge in [-0.05, 0) is 7.05 Å². The van der Waals surface area contributed by atoms with E-state index in [9.17, 15) is 4.79 Å². The number of rotatable bonds is 2. The maximum absolute atomic E-state index is 10.7. The molecule has 1 fully saturated rings. The number of carbonyl (C=O) groups excluding carboxylic acids is 1. The Bertz CT molecular complexity index is 314. The van der Waals surface area contributed by atoms with E-state index in [4.69, 9.17) is 0 Å². The number of hydrogen-bond acceptors (Lipinski definition) is 4. The molecule has 2 heterocycles. The van der Waals surface area contributed by atoms with Crippen molar-refractivity contribution < 1.29 is 4.79 Å². The number of nitrogens with one attached hydrogen (secondary N) is 1. The van der Waals surface area contributed by atoms with Gasteiger partial charge in [0.2, 0.25) is 0 Å². The summed E-state index contributed by atoms with van der Waals surface area (Å²) in [5.41, 5.74) is 0.648. The molecule has 1 aliphatic heterocycles. The molecule has 5 nitrogen and oxygen atoms in total. The van der Waals surface area contributed by atoms with Crippen LogP contribution in [0.5, 0.6) is 0 Å². The van der Waals surface area contributed by atoms with Crippen molar-refractivity contribution in [1.29, 1.82) is 0 Å². The van der Waals surface area contributed by atoms with Crippen molar-refractivity contribution in [2.24, 2.45) is 0 Å². The molecular formula is C9H14N4O. The number of likely N-dealkylation sites (N-methyl/N-ethyl adjacent to an activating group) is 1. The van der Waals surface area contributed by atoms with Crippen LogP contribution in [0.4, 0.5) is 5.82 Å². The van der Waals surface area contributed by atoms with Crippen molar-refractivity contribution in [3.63, 3.8) is 0 Å². The van der Waals surface area contributed by atoms with E-state index < -0.39 is 0 Å². The Morgan fingerprint density at radius 1 is 1.43 bits per heavy atom. The van der Waals surface area contributed by atoms with Crippen LogP contribution in [0.15, 0.2) is 6.20 Å². The number of carbonyl (C=O) groups is 1. The van der Waals surface area contributed by atoms with E-state index in [-0.39, 0.29) is 0 Å². The van der Waals surface area contributed by atoms with E-state index in [2.05, 4.69) is 27.0 Å². The van der Waals surface area contributed by atoms with Crippen molar-refractivity contribution in [2.45, 2.75) is 0 Å². The van der Waals surface area contributed by atoms with Crippen LogP contribution in [0.1, 0.15) is 10.4 Å². The lowest BCUT2D eigenvalue weighted by atomic mass is 10.3. The SMILES string of the molecule is CN1CCN(c2[nH]ncc2C=O)CC1. The Morgan fingerprint density at radius 3 is 2.79 bits per heavy atom. The van der Waals surface area contributed by atoms with Crippen molar-refractivity contribution in [3.8, 4) is 0 Å². The minimum absolute atomic E-state index is 0.648. The number of aromatic nitrogens is 2. The number of H-pyrrole nitrogens is 1. The van der Waals surface area contributed by atoms with Crippen LogP contribution < -0.4 is 4.90 Å². The summed E-state index contributed by atoms with van der Waals surface area (Å²) in [5, 5.41) is 6.74. The molecule has 0 bridgehead atoms. The second kappa shape index (κ2) is 3.79. The first-order valence-electron chi connectivity index (χ1n) is 4.73. The van der Waals surface area contributed by atoms with Gasteiger partial charge in [0.15, 0.2) is 6.29 Å². The van der Waals surface area contributed by atoms with Crippen LogP contribution in [-0.2, 0) is 0 Å². The fourth-order valence-electron chi connectivity index (χ4n) is 1.66. The predicted molar refractivity (Wildman–Crippen MR) is 53.7 cm³/mol. The molecule has 0 aromatic carbocycles. The van der Waals surface area contributed by atoms with Gasteiger partial charge in [0.25, 0.3) is 0 Å². The van der Waals surface area contributed by atoms with Gasteiger partial charge in [-0.2, -0.15) is 5.10 Å². The summed E-state index contributed by atoms with van der Waals surface area (Å²) in [5.74, 6) is 0.855. The van der Waals surface area contributed by atoms with E-state index in [0.717, 1.165) is 38.3 Å². The van der Waals surface area contributed by atoms with E-state index in [1.165, 1.54) is 0 Å². The molecule has 2 rings (SSSR count). The summed E-state index contributed by atoms with van der Waals surface area (Å²) in [6.45, 7) is 3.94. The van der Waals surface area contributed by atoms with Gasteiger partial charge in [0.1, 0.15) is 5.82 Å². The highest BCUT2D eigenvalue weighted by Crippen LogP contribution is 2.16. The molecule has 0 amide bonds. The summed E-state index contributed by atoms with van der Waals surface area (Å²) in [6.07, 6.45) is 2.41. The molecule has 0 saturated carbocycles. The van der Waals surface area contributed by atoms with Crippen LogP contribution >= 0.6 is 0 Å². The number of anilines is 1. The molecule has 0 aliphatic carbocycles. The summed E-state index contributed by atoms with van der Waals surface area (Å²) >= 11 is 0. The van der Waals surface area contributed by atoms with E-state index in [1.54, 1.807) is 6.20 Å². The fraction of sp³-hybridized carbons (Fsp3) is 0.556. The topological polar surface area (TPSA) is 52.2 Å². The largest absolute Gasteiger partial charge is 0.354 e. The van der Waals surface area contributed by atoms with Crippen molar-refractivity contribution in [3.05, 3.63) is 11.8 Å². The lowest BCUT2D eigenvalue weighted by molar-refractivity contribution is 0.112. The molecule has 1 saturated heterocycles. The third-order valence-electron chi connectivity index (χ3n) is 2.59. The first-order chi connectivity index (χ1) is 6.81. The normalized spacial score (nSPS) is 18.5. The quantitative estimate of drug-likeness (QED) is 0.672. The molecule has 0 unspecified atom stereocenters. The predicted octanol–water partition coefficient (Wildman–Crippen LogP) is -0.0260. The molecule has 0 radical (unpaired) electrons. The first-order valence-corrected chi connectivity index (χ1v) is 4.73. The highest BCUT2D eigenvalue weighted by Gasteiger charge is 2.17. The number of hydrogen-bond donors (Lipinski definition) is 1. The zero-order valence-electron chi connectivity index (χ0n) is 8.23. The highest BCUT2D eigenvalue weighted by atomic mass is 16.1. The minimum atomic E-state index is 0.648. The second-order valence-corrected chi connectivity index (χ2v) is 3.58.